The molecule has 16 heavy (non-hydrogen) atoms. The number of aliphatic hydroxyl groups excluding tert-OH is 1. The van der Waals surface area contributed by atoms with Crippen molar-refractivity contribution in [3.63, 3.8) is 0 Å². The second-order valence-electron chi connectivity index (χ2n) is 3.44. The number of methoxy groups -OCH3 is 1. The third kappa shape index (κ3) is 3.12. The number of benzene rings is 1. The van der Waals surface area contributed by atoms with E-state index >= 15 is 0 Å². The molecule has 1 aromatic rings. The molecule has 0 saturated carbocycles. The zero-order chi connectivity index (χ0) is 12.0. The van der Waals surface area contributed by atoms with Crippen molar-refractivity contribution < 1.29 is 14.6 Å². The Labute approximate surface area is 96.0 Å². The fourth-order valence-corrected chi connectivity index (χ4v) is 1.49. The molecular weight excluding hydrogens is 206 g/mol. The van der Waals surface area contributed by atoms with Gasteiger partial charge in [0.05, 0.1) is 19.8 Å². The van der Waals surface area contributed by atoms with Crippen LogP contribution in [0.1, 0.15) is 25.0 Å². The van der Waals surface area contributed by atoms with E-state index in [0.29, 0.717) is 31.1 Å². The van der Waals surface area contributed by atoms with Gasteiger partial charge in [-0.3, -0.25) is 0 Å². The lowest BCUT2D eigenvalue weighted by Gasteiger charge is -2.14. The highest BCUT2D eigenvalue weighted by atomic mass is 16.5. The highest BCUT2D eigenvalue weighted by Crippen LogP contribution is 2.30. The number of hydrogen-bond donors (Lipinski definition) is 2. The molecule has 0 aliphatic heterocycles. The van der Waals surface area contributed by atoms with Crippen LogP contribution in [-0.2, 0) is 0 Å². The molecule has 0 amide bonds. The van der Waals surface area contributed by atoms with Gasteiger partial charge in [-0.15, -0.1) is 0 Å². The SMILES string of the molecule is CCOc1ccc([C@@H](O)CCN)cc1OC. The van der Waals surface area contributed by atoms with Gasteiger partial charge >= 0.3 is 0 Å². The monoisotopic (exact) mass is 225 g/mol. The maximum atomic E-state index is 9.78. The Kier molecular flexibility index (Phi) is 5.08. The first-order chi connectivity index (χ1) is 7.72. The number of hydrogen-bond acceptors (Lipinski definition) is 4. The molecule has 3 N–H and O–H groups in total. The van der Waals surface area contributed by atoms with Crippen LogP contribution in [0.4, 0.5) is 0 Å². The molecular formula is C12H19NO3. The fraction of sp³-hybridized carbons (Fsp3) is 0.500. The van der Waals surface area contributed by atoms with E-state index in [2.05, 4.69) is 0 Å². The van der Waals surface area contributed by atoms with E-state index in [0.717, 1.165) is 5.56 Å². The van der Waals surface area contributed by atoms with Crippen LogP contribution in [0.2, 0.25) is 0 Å². The maximum Gasteiger partial charge on any atom is 0.161 e. The Hall–Kier alpha value is -1.26. The number of rotatable bonds is 6. The Morgan fingerprint density at radius 1 is 1.38 bits per heavy atom. The molecule has 1 rings (SSSR count). The number of ether oxygens (including phenoxy) is 2. The van der Waals surface area contributed by atoms with Gasteiger partial charge in [-0.05, 0) is 37.6 Å². The Morgan fingerprint density at radius 3 is 2.69 bits per heavy atom. The normalized spacial score (nSPS) is 12.2. The van der Waals surface area contributed by atoms with Crippen LogP contribution in [0.15, 0.2) is 18.2 Å². The molecule has 90 valence electrons. The van der Waals surface area contributed by atoms with Crippen molar-refractivity contribution in [1.29, 1.82) is 0 Å². The first-order valence-electron chi connectivity index (χ1n) is 5.41. The lowest BCUT2D eigenvalue weighted by atomic mass is 10.1. The molecule has 4 heteroatoms. The van der Waals surface area contributed by atoms with E-state index in [1.165, 1.54) is 0 Å². The van der Waals surface area contributed by atoms with Crippen LogP contribution < -0.4 is 15.2 Å². The van der Waals surface area contributed by atoms with Gasteiger partial charge in [-0.2, -0.15) is 0 Å². The molecule has 0 aromatic heterocycles. The van der Waals surface area contributed by atoms with Gasteiger partial charge in [0, 0.05) is 0 Å². The zero-order valence-corrected chi connectivity index (χ0v) is 9.77. The van der Waals surface area contributed by atoms with Gasteiger partial charge in [0.25, 0.3) is 0 Å². The smallest absolute Gasteiger partial charge is 0.161 e. The second kappa shape index (κ2) is 6.35. The first-order valence-corrected chi connectivity index (χ1v) is 5.41. The standard InChI is InChI=1S/C12H19NO3/c1-3-16-11-5-4-9(8-12(11)15-2)10(14)6-7-13/h4-5,8,10,14H,3,6-7,13H2,1-2H3/t10-/m0/s1. The summed E-state index contributed by atoms with van der Waals surface area (Å²) in [5.74, 6) is 1.32. The van der Waals surface area contributed by atoms with Crippen LogP contribution in [-0.4, -0.2) is 25.4 Å². The van der Waals surface area contributed by atoms with Gasteiger partial charge in [0.15, 0.2) is 11.5 Å². The van der Waals surface area contributed by atoms with E-state index in [9.17, 15) is 5.11 Å². The van der Waals surface area contributed by atoms with E-state index in [1.807, 2.05) is 13.0 Å². The van der Waals surface area contributed by atoms with Crippen molar-refractivity contribution >= 4 is 0 Å². The Balaban J connectivity index is 2.89. The van der Waals surface area contributed by atoms with Gasteiger partial charge in [0.2, 0.25) is 0 Å². The topological polar surface area (TPSA) is 64.7 Å². The van der Waals surface area contributed by atoms with Crippen LogP contribution in [0.5, 0.6) is 11.5 Å². The quantitative estimate of drug-likeness (QED) is 0.769. The van der Waals surface area contributed by atoms with Crippen molar-refractivity contribution in [3.05, 3.63) is 23.8 Å². The second-order valence-corrected chi connectivity index (χ2v) is 3.44. The average Bonchev–Trinajstić information content (AvgIpc) is 2.30. The molecule has 1 atom stereocenters. The minimum atomic E-state index is -0.547. The van der Waals surface area contributed by atoms with Gasteiger partial charge in [0.1, 0.15) is 0 Å². The summed E-state index contributed by atoms with van der Waals surface area (Å²) in [6, 6.07) is 5.41. The fourth-order valence-electron chi connectivity index (χ4n) is 1.49. The molecule has 0 aliphatic rings. The molecule has 0 aliphatic carbocycles. The van der Waals surface area contributed by atoms with E-state index in [1.54, 1.807) is 19.2 Å². The molecule has 0 heterocycles. The van der Waals surface area contributed by atoms with E-state index in [4.69, 9.17) is 15.2 Å². The molecule has 0 radical (unpaired) electrons. The highest BCUT2D eigenvalue weighted by Gasteiger charge is 2.10. The largest absolute Gasteiger partial charge is 0.493 e. The average molecular weight is 225 g/mol. The number of nitrogens with two attached hydrogens (primary N) is 1. The first kappa shape index (κ1) is 12.8. The summed E-state index contributed by atoms with van der Waals surface area (Å²) in [5, 5.41) is 9.78. The molecule has 0 spiro atoms. The minimum absolute atomic E-state index is 0.455. The van der Waals surface area contributed by atoms with Crippen LogP contribution in [0, 0.1) is 0 Å². The summed E-state index contributed by atoms with van der Waals surface area (Å²) in [6.07, 6.45) is -0.00786. The van der Waals surface area contributed by atoms with Crippen LogP contribution in [0.3, 0.4) is 0 Å². The van der Waals surface area contributed by atoms with E-state index in [-0.39, 0.29) is 0 Å². The Bertz CT molecular complexity index is 328. The van der Waals surface area contributed by atoms with Crippen molar-refractivity contribution in [2.45, 2.75) is 19.4 Å². The van der Waals surface area contributed by atoms with Gasteiger partial charge < -0.3 is 20.3 Å². The predicted molar refractivity (Wildman–Crippen MR) is 62.8 cm³/mol. The summed E-state index contributed by atoms with van der Waals surface area (Å²) >= 11 is 0. The summed E-state index contributed by atoms with van der Waals surface area (Å²) in [7, 11) is 1.58. The summed E-state index contributed by atoms with van der Waals surface area (Å²) in [6.45, 7) is 2.95. The summed E-state index contributed by atoms with van der Waals surface area (Å²) < 4.78 is 10.6. The number of aliphatic hydroxyl groups is 1. The highest BCUT2D eigenvalue weighted by molar-refractivity contribution is 5.43. The summed E-state index contributed by atoms with van der Waals surface area (Å²) in [5.41, 5.74) is 6.20. The van der Waals surface area contributed by atoms with Crippen LogP contribution in [0.25, 0.3) is 0 Å². The predicted octanol–water partition coefficient (Wildman–Crippen LogP) is 1.48. The van der Waals surface area contributed by atoms with Gasteiger partial charge in [-0.1, -0.05) is 6.07 Å². The molecule has 0 fully saturated rings. The lowest BCUT2D eigenvalue weighted by Crippen LogP contribution is -2.07. The Morgan fingerprint density at radius 2 is 2.12 bits per heavy atom. The third-order valence-corrected chi connectivity index (χ3v) is 2.31. The maximum absolute atomic E-state index is 9.78. The van der Waals surface area contributed by atoms with Crippen molar-refractivity contribution in [3.8, 4) is 11.5 Å². The summed E-state index contributed by atoms with van der Waals surface area (Å²) in [4.78, 5) is 0. The molecule has 0 unspecified atom stereocenters. The van der Waals surface area contributed by atoms with E-state index < -0.39 is 6.10 Å². The third-order valence-electron chi connectivity index (χ3n) is 2.31. The lowest BCUT2D eigenvalue weighted by molar-refractivity contribution is 0.169. The molecule has 0 saturated heterocycles. The van der Waals surface area contributed by atoms with Gasteiger partial charge in [-0.25, -0.2) is 0 Å². The van der Waals surface area contributed by atoms with Crippen LogP contribution >= 0.6 is 0 Å². The van der Waals surface area contributed by atoms with Crippen molar-refractivity contribution in [2.24, 2.45) is 5.73 Å². The zero-order valence-electron chi connectivity index (χ0n) is 9.77. The van der Waals surface area contributed by atoms with Crippen molar-refractivity contribution in [2.75, 3.05) is 20.3 Å². The molecule has 4 nitrogen and oxygen atoms in total. The molecule has 1 aromatic carbocycles. The molecule has 0 bridgehead atoms. The van der Waals surface area contributed by atoms with Crippen molar-refractivity contribution in [1.82, 2.24) is 0 Å². The minimum Gasteiger partial charge on any atom is -0.493 e.